The molecule has 2 heterocycles. The first-order valence-corrected chi connectivity index (χ1v) is 9.37. The number of nitrogens with zero attached hydrogens (tertiary/aromatic N) is 5. The van der Waals surface area contributed by atoms with Crippen LogP contribution in [0.1, 0.15) is 45.2 Å². The molecular weight excluding hydrogens is 363 g/mol. The lowest BCUT2D eigenvalue weighted by Crippen LogP contribution is -2.24. The number of nitrogens with one attached hydrogen (secondary N) is 1. The quantitative estimate of drug-likeness (QED) is 0.783. The summed E-state index contributed by atoms with van der Waals surface area (Å²) in [5.74, 6) is -0.402. The Bertz CT molecular complexity index is 876. The van der Waals surface area contributed by atoms with Crippen molar-refractivity contribution in [2.24, 2.45) is 5.92 Å². The molecule has 2 aromatic rings. The Morgan fingerprint density at radius 3 is 2.96 bits per heavy atom. The van der Waals surface area contributed by atoms with E-state index in [9.17, 15) is 14.8 Å². The van der Waals surface area contributed by atoms with Gasteiger partial charge in [0.15, 0.2) is 0 Å². The minimum absolute atomic E-state index is 0.125. The summed E-state index contributed by atoms with van der Waals surface area (Å²) in [6.07, 6.45) is 5.78. The maximum absolute atomic E-state index is 14.0. The number of aromatic nitrogens is 4. The molecule has 8 nitrogen and oxygen atoms in total. The highest BCUT2D eigenvalue weighted by molar-refractivity contribution is 5.55. The van der Waals surface area contributed by atoms with Crippen LogP contribution in [0.2, 0.25) is 0 Å². The highest BCUT2D eigenvalue weighted by Crippen LogP contribution is 2.26. The summed E-state index contributed by atoms with van der Waals surface area (Å²) in [5, 5.41) is 26.3. The Hall–Kier alpha value is -2.73. The van der Waals surface area contributed by atoms with E-state index < -0.39 is 11.4 Å². The Balaban J connectivity index is 1.70. The van der Waals surface area contributed by atoms with Crippen LogP contribution in [0.4, 0.5) is 16.0 Å². The number of ether oxygens (including phenoxy) is 1. The molecule has 0 saturated heterocycles. The first-order chi connectivity index (χ1) is 13.3. The maximum atomic E-state index is 14.0. The summed E-state index contributed by atoms with van der Waals surface area (Å²) >= 11 is 0. The number of aliphatic hydroxyl groups is 1. The smallest absolute Gasteiger partial charge is 0.255 e. The average molecular weight is 388 g/mol. The summed E-state index contributed by atoms with van der Waals surface area (Å²) < 4.78 is 21.2. The van der Waals surface area contributed by atoms with Crippen molar-refractivity contribution < 1.29 is 14.2 Å². The molecule has 2 unspecified atom stereocenters. The molecule has 3 rings (SSSR count). The van der Waals surface area contributed by atoms with Crippen LogP contribution in [0.3, 0.4) is 0 Å². The SMILES string of the molecule is Cc1nn(C(C)(C)C#N)cc1Nc1ncc(F)c(OCC2CCCC(O)C2)n1. The van der Waals surface area contributed by atoms with Crippen LogP contribution in [-0.4, -0.2) is 37.6 Å². The molecule has 2 aromatic heterocycles. The van der Waals surface area contributed by atoms with Crippen LogP contribution >= 0.6 is 0 Å². The molecule has 0 aromatic carbocycles. The van der Waals surface area contributed by atoms with Crippen LogP contribution in [0.15, 0.2) is 12.4 Å². The number of rotatable bonds is 6. The van der Waals surface area contributed by atoms with Gasteiger partial charge in [0.2, 0.25) is 11.8 Å². The molecule has 0 radical (unpaired) electrons. The molecule has 1 fully saturated rings. The van der Waals surface area contributed by atoms with Crippen molar-refractivity contribution in [1.29, 1.82) is 5.26 Å². The van der Waals surface area contributed by atoms with Crippen molar-refractivity contribution in [3.05, 3.63) is 23.9 Å². The zero-order valence-electron chi connectivity index (χ0n) is 16.3. The standard InChI is InChI=1S/C19H25FN6O2/c1-12-16(9-26(25-12)19(2,3)11-21)23-18-22-8-15(20)17(24-18)28-10-13-5-4-6-14(27)7-13/h8-9,13-14,27H,4-7,10H2,1-3H3,(H,22,23,24). The van der Waals surface area contributed by atoms with E-state index in [1.807, 2.05) is 0 Å². The van der Waals surface area contributed by atoms with Crippen molar-refractivity contribution in [1.82, 2.24) is 19.7 Å². The Morgan fingerprint density at radius 2 is 2.25 bits per heavy atom. The molecule has 0 amide bonds. The second kappa shape index (κ2) is 8.10. The fourth-order valence-corrected chi connectivity index (χ4v) is 3.16. The van der Waals surface area contributed by atoms with Gasteiger partial charge in [-0.3, -0.25) is 4.68 Å². The zero-order valence-corrected chi connectivity index (χ0v) is 16.3. The number of nitriles is 1. The summed E-state index contributed by atoms with van der Waals surface area (Å²) in [6.45, 7) is 5.61. The molecule has 150 valence electrons. The number of halogens is 1. The number of hydrogen-bond donors (Lipinski definition) is 2. The van der Waals surface area contributed by atoms with E-state index in [1.54, 1.807) is 31.6 Å². The molecule has 1 saturated carbocycles. The lowest BCUT2D eigenvalue weighted by atomic mass is 9.88. The molecule has 2 N–H and O–H groups in total. The topological polar surface area (TPSA) is 109 Å². The predicted molar refractivity (Wildman–Crippen MR) is 101 cm³/mol. The summed E-state index contributed by atoms with van der Waals surface area (Å²) in [5.41, 5.74) is 0.485. The van der Waals surface area contributed by atoms with E-state index in [0.29, 0.717) is 24.4 Å². The van der Waals surface area contributed by atoms with E-state index in [4.69, 9.17) is 4.74 Å². The van der Waals surface area contributed by atoms with Gasteiger partial charge >= 0.3 is 0 Å². The van der Waals surface area contributed by atoms with E-state index in [2.05, 4.69) is 26.5 Å². The van der Waals surface area contributed by atoms with Gasteiger partial charge in [0.1, 0.15) is 5.54 Å². The molecular formula is C19H25FN6O2. The molecule has 9 heteroatoms. The first-order valence-electron chi connectivity index (χ1n) is 9.37. The van der Waals surface area contributed by atoms with Crippen LogP contribution in [0.25, 0.3) is 0 Å². The van der Waals surface area contributed by atoms with Gasteiger partial charge in [-0.25, -0.2) is 4.98 Å². The van der Waals surface area contributed by atoms with E-state index >= 15 is 0 Å². The summed E-state index contributed by atoms with van der Waals surface area (Å²) in [7, 11) is 0. The van der Waals surface area contributed by atoms with Gasteiger partial charge in [-0.15, -0.1) is 0 Å². The van der Waals surface area contributed by atoms with Crippen molar-refractivity contribution in [2.75, 3.05) is 11.9 Å². The molecule has 1 aliphatic carbocycles. The van der Waals surface area contributed by atoms with Gasteiger partial charge in [0.05, 0.1) is 42.6 Å². The highest BCUT2D eigenvalue weighted by atomic mass is 19.1. The van der Waals surface area contributed by atoms with Gasteiger partial charge in [0, 0.05) is 0 Å². The van der Waals surface area contributed by atoms with Gasteiger partial charge in [0.25, 0.3) is 5.88 Å². The van der Waals surface area contributed by atoms with Crippen LogP contribution in [0.5, 0.6) is 5.88 Å². The molecule has 28 heavy (non-hydrogen) atoms. The van der Waals surface area contributed by atoms with Gasteiger partial charge in [-0.1, -0.05) is 6.42 Å². The van der Waals surface area contributed by atoms with E-state index in [-0.39, 0.29) is 23.9 Å². The van der Waals surface area contributed by atoms with E-state index in [1.165, 1.54) is 0 Å². The van der Waals surface area contributed by atoms with Crippen LogP contribution < -0.4 is 10.1 Å². The monoisotopic (exact) mass is 388 g/mol. The number of anilines is 2. The molecule has 0 bridgehead atoms. The van der Waals surface area contributed by atoms with E-state index in [0.717, 1.165) is 25.5 Å². The first kappa shape index (κ1) is 20.0. The third kappa shape index (κ3) is 4.57. The molecule has 1 aliphatic rings. The Kier molecular flexibility index (Phi) is 5.79. The molecule has 0 aliphatic heterocycles. The van der Waals surface area contributed by atoms with Crippen LogP contribution in [-0.2, 0) is 5.54 Å². The highest BCUT2D eigenvalue weighted by Gasteiger charge is 2.23. The Morgan fingerprint density at radius 1 is 1.46 bits per heavy atom. The van der Waals surface area contributed by atoms with Crippen molar-refractivity contribution >= 4 is 11.6 Å². The third-order valence-corrected chi connectivity index (χ3v) is 4.91. The summed E-state index contributed by atoms with van der Waals surface area (Å²) in [6, 6.07) is 2.18. The van der Waals surface area contributed by atoms with Gasteiger partial charge < -0.3 is 15.2 Å². The van der Waals surface area contributed by atoms with Crippen molar-refractivity contribution in [3.8, 4) is 11.9 Å². The van der Waals surface area contributed by atoms with Crippen molar-refractivity contribution in [2.45, 2.75) is 58.1 Å². The number of aryl methyl sites for hydroxylation is 1. The third-order valence-electron chi connectivity index (χ3n) is 4.91. The number of aliphatic hydroxyl groups excluding tert-OH is 1. The van der Waals surface area contributed by atoms with Gasteiger partial charge in [-0.05, 0) is 46.0 Å². The maximum Gasteiger partial charge on any atom is 0.255 e. The molecule has 2 atom stereocenters. The number of hydrogen-bond acceptors (Lipinski definition) is 7. The minimum Gasteiger partial charge on any atom is -0.475 e. The second-order valence-corrected chi connectivity index (χ2v) is 7.71. The van der Waals surface area contributed by atoms with Gasteiger partial charge in [-0.2, -0.15) is 19.7 Å². The normalized spacial score (nSPS) is 19.9. The molecule has 0 spiro atoms. The summed E-state index contributed by atoms with van der Waals surface area (Å²) in [4.78, 5) is 8.07. The second-order valence-electron chi connectivity index (χ2n) is 7.71. The van der Waals surface area contributed by atoms with Crippen LogP contribution in [0, 0.1) is 30.0 Å². The fourth-order valence-electron chi connectivity index (χ4n) is 3.16. The fraction of sp³-hybridized carbons (Fsp3) is 0.579. The minimum atomic E-state index is -0.798. The average Bonchev–Trinajstić information content (AvgIpc) is 3.03. The lowest BCUT2D eigenvalue weighted by Gasteiger charge is -2.25. The Labute approximate surface area is 163 Å². The zero-order chi connectivity index (χ0) is 20.3. The largest absolute Gasteiger partial charge is 0.475 e. The van der Waals surface area contributed by atoms with Crippen molar-refractivity contribution in [3.63, 3.8) is 0 Å². The lowest BCUT2D eigenvalue weighted by molar-refractivity contribution is 0.0790. The predicted octanol–water partition coefficient (Wildman–Crippen LogP) is 3.05.